The highest BCUT2D eigenvalue weighted by Crippen LogP contribution is 2.13. The zero-order chi connectivity index (χ0) is 13.9. The number of aryl methyl sites for hydroxylation is 1. The number of thiazole rings is 1. The second kappa shape index (κ2) is 5.78. The number of hydrogen-bond acceptors (Lipinski definition) is 6. The minimum Gasteiger partial charge on any atom is -0.394 e. The van der Waals surface area contributed by atoms with Gasteiger partial charge in [-0.15, -0.1) is 11.3 Å². The first-order valence-corrected chi connectivity index (χ1v) is 7.91. The van der Waals surface area contributed by atoms with E-state index in [9.17, 15) is 8.42 Å². The molecule has 2 aromatic heterocycles. The van der Waals surface area contributed by atoms with Gasteiger partial charge in [0.1, 0.15) is 4.90 Å². The van der Waals surface area contributed by atoms with Gasteiger partial charge >= 0.3 is 0 Å². The molecule has 7 nitrogen and oxygen atoms in total. The molecule has 0 unspecified atom stereocenters. The first kappa shape index (κ1) is 14.1. The topological polar surface area (TPSA) is 97.1 Å². The van der Waals surface area contributed by atoms with Crippen molar-refractivity contribution in [2.24, 2.45) is 0 Å². The quantitative estimate of drug-likeness (QED) is 0.790. The lowest BCUT2D eigenvalue weighted by atomic mass is 10.4. The summed E-state index contributed by atoms with van der Waals surface area (Å²) in [6.07, 6.45) is 2.65. The summed E-state index contributed by atoms with van der Waals surface area (Å²) in [6.45, 7) is 2.22. The molecule has 2 rings (SSSR count). The van der Waals surface area contributed by atoms with Crippen LogP contribution in [0.5, 0.6) is 0 Å². The van der Waals surface area contributed by atoms with Gasteiger partial charge in [-0.25, -0.2) is 18.1 Å². The Hall–Kier alpha value is -1.29. The Morgan fingerprint density at radius 2 is 2.32 bits per heavy atom. The predicted molar refractivity (Wildman–Crippen MR) is 70.2 cm³/mol. The average Bonchev–Trinajstić information content (AvgIpc) is 2.97. The monoisotopic (exact) mass is 302 g/mol. The Bertz CT molecular complexity index is 647. The molecule has 0 bridgehead atoms. The molecule has 0 radical (unpaired) electrons. The van der Waals surface area contributed by atoms with E-state index >= 15 is 0 Å². The van der Waals surface area contributed by atoms with Gasteiger partial charge in [0.25, 0.3) is 0 Å². The molecule has 0 aliphatic carbocycles. The van der Waals surface area contributed by atoms with Gasteiger partial charge in [-0.1, -0.05) is 0 Å². The summed E-state index contributed by atoms with van der Waals surface area (Å²) in [5, 5.41) is 12.6. The van der Waals surface area contributed by atoms with Gasteiger partial charge in [0.05, 0.1) is 30.6 Å². The molecule has 0 saturated carbocycles. The van der Waals surface area contributed by atoms with E-state index in [-0.39, 0.29) is 24.6 Å². The maximum Gasteiger partial charge on any atom is 0.244 e. The molecule has 0 aliphatic heterocycles. The Morgan fingerprint density at radius 3 is 2.95 bits per heavy atom. The average molecular weight is 302 g/mol. The van der Waals surface area contributed by atoms with Crippen LogP contribution in [0.15, 0.2) is 22.8 Å². The zero-order valence-electron chi connectivity index (χ0n) is 10.3. The number of aromatic nitrogens is 3. The van der Waals surface area contributed by atoms with E-state index in [1.54, 1.807) is 5.51 Å². The third-order valence-corrected chi connectivity index (χ3v) is 4.81. The van der Waals surface area contributed by atoms with Crippen LogP contribution in [0.25, 0.3) is 0 Å². The van der Waals surface area contributed by atoms with Crippen molar-refractivity contribution in [2.45, 2.75) is 24.9 Å². The van der Waals surface area contributed by atoms with E-state index < -0.39 is 10.0 Å². The van der Waals surface area contributed by atoms with Crippen molar-refractivity contribution in [3.05, 3.63) is 28.5 Å². The van der Waals surface area contributed by atoms with Crippen molar-refractivity contribution in [3.63, 3.8) is 0 Å². The number of nitrogens with one attached hydrogen (secondary N) is 1. The Labute approximate surface area is 115 Å². The second-order valence-electron chi connectivity index (χ2n) is 3.85. The van der Waals surface area contributed by atoms with Crippen molar-refractivity contribution in [3.8, 4) is 0 Å². The van der Waals surface area contributed by atoms with E-state index in [1.807, 2.05) is 6.92 Å². The first-order valence-electron chi connectivity index (χ1n) is 5.55. The number of rotatable bonds is 6. The van der Waals surface area contributed by atoms with Gasteiger partial charge in [-0.05, 0) is 6.92 Å². The normalized spacial score (nSPS) is 11.9. The van der Waals surface area contributed by atoms with Crippen molar-refractivity contribution >= 4 is 21.4 Å². The SMILES string of the molecule is Cc1ncsc1CNS(=O)(=O)c1cnn(CCO)c1. The maximum atomic E-state index is 12.0. The summed E-state index contributed by atoms with van der Waals surface area (Å²) in [7, 11) is -3.59. The molecular weight excluding hydrogens is 288 g/mol. The molecule has 104 valence electrons. The van der Waals surface area contributed by atoms with E-state index in [1.165, 1.54) is 28.4 Å². The molecule has 0 saturated heterocycles. The maximum absolute atomic E-state index is 12.0. The summed E-state index contributed by atoms with van der Waals surface area (Å²) >= 11 is 1.41. The molecule has 2 N–H and O–H groups in total. The van der Waals surface area contributed by atoms with Gasteiger partial charge in [-0.2, -0.15) is 5.10 Å². The number of sulfonamides is 1. The molecule has 0 aliphatic rings. The highest BCUT2D eigenvalue weighted by Gasteiger charge is 2.17. The molecule has 0 spiro atoms. The fourth-order valence-electron chi connectivity index (χ4n) is 1.45. The Balaban J connectivity index is 2.07. The molecule has 0 aromatic carbocycles. The van der Waals surface area contributed by atoms with Crippen LogP contribution >= 0.6 is 11.3 Å². The first-order chi connectivity index (χ1) is 9.03. The van der Waals surface area contributed by atoms with E-state index in [2.05, 4.69) is 14.8 Å². The fourth-order valence-corrected chi connectivity index (χ4v) is 3.20. The number of nitrogens with zero attached hydrogens (tertiary/aromatic N) is 3. The van der Waals surface area contributed by atoms with Gasteiger partial charge in [-0.3, -0.25) is 4.68 Å². The van der Waals surface area contributed by atoms with E-state index in [4.69, 9.17) is 5.11 Å². The molecule has 9 heteroatoms. The van der Waals surface area contributed by atoms with Crippen LogP contribution in [-0.2, 0) is 23.1 Å². The summed E-state index contributed by atoms with van der Waals surface area (Å²) in [5.41, 5.74) is 2.50. The number of aliphatic hydroxyl groups is 1. The highest BCUT2D eigenvalue weighted by molar-refractivity contribution is 7.89. The minimum atomic E-state index is -3.59. The van der Waals surface area contributed by atoms with Gasteiger partial charge in [0.2, 0.25) is 10.0 Å². The van der Waals surface area contributed by atoms with Crippen molar-refractivity contribution in [1.82, 2.24) is 19.5 Å². The molecule has 0 fully saturated rings. The molecular formula is C10H14N4O3S2. The second-order valence-corrected chi connectivity index (χ2v) is 6.55. The van der Waals surface area contributed by atoms with Crippen LogP contribution in [0.2, 0.25) is 0 Å². The molecule has 0 amide bonds. The zero-order valence-corrected chi connectivity index (χ0v) is 11.9. The predicted octanol–water partition coefficient (Wildman–Crippen LogP) is 0.119. The van der Waals surface area contributed by atoms with Crippen LogP contribution in [0.1, 0.15) is 10.6 Å². The molecule has 0 atom stereocenters. The van der Waals surface area contributed by atoms with Crippen LogP contribution in [-0.4, -0.2) is 34.9 Å². The third kappa shape index (κ3) is 3.38. The smallest absolute Gasteiger partial charge is 0.244 e. The number of aliphatic hydroxyl groups excluding tert-OH is 1. The van der Waals surface area contributed by atoms with Crippen LogP contribution in [0.3, 0.4) is 0 Å². The summed E-state index contributed by atoms with van der Waals surface area (Å²) in [5.74, 6) is 0. The highest BCUT2D eigenvalue weighted by atomic mass is 32.2. The molecule has 2 heterocycles. The van der Waals surface area contributed by atoms with Gasteiger partial charge in [0, 0.05) is 17.6 Å². The van der Waals surface area contributed by atoms with Crippen molar-refractivity contribution in [2.75, 3.05) is 6.61 Å². The Kier molecular flexibility index (Phi) is 4.30. The van der Waals surface area contributed by atoms with Crippen LogP contribution in [0.4, 0.5) is 0 Å². The van der Waals surface area contributed by atoms with Gasteiger partial charge in [0.15, 0.2) is 0 Å². The van der Waals surface area contributed by atoms with E-state index in [0.29, 0.717) is 0 Å². The lowest BCUT2D eigenvalue weighted by molar-refractivity contribution is 0.269. The summed E-state index contributed by atoms with van der Waals surface area (Å²) < 4.78 is 27.9. The standard InChI is InChI=1S/C10H14N4O3S2/c1-8-10(18-7-11-8)5-13-19(16,17)9-4-12-14(6-9)2-3-15/h4,6-7,13,15H,2-3,5H2,1H3. The van der Waals surface area contributed by atoms with Crippen molar-refractivity contribution < 1.29 is 13.5 Å². The summed E-state index contributed by atoms with van der Waals surface area (Å²) in [6, 6.07) is 0. The molecule has 2 aromatic rings. The fraction of sp³-hybridized carbons (Fsp3) is 0.400. The lowest BCUT2D eigenvalue weighted by Gasteiger charge is -2.03. The number of hydrogen-bond donors (Lipinski definition) is 2. The van der Waals surface area contributed by atoms with E-state index in [0.717, 1.165) is 10.6 Å². The minimum absolute atomic E-state index is 0.0862. The molecule has 19 heavy (non-hydrogen) atoms. The van der Waals surface area contributed by atoms with Gasteiger partial charge < -0.3 is 5.11 Å². The van der Waals surface area contributed by atoms with Crippen LogP contribution < -0.4 is 4.72 Å². The lowest BCUT2D eigenvalue weighted by Crippen LogP contribution is -2.22. The van der Waals surface area contributed by atoms with Crippen molar-refractivity contribution in [1.29, 1.82) is 0 Å². The largest absolute Gasteiger partial charge is 0.394 e. The van der Waals surface area contributed by atoms with Crippen LogP contribution in [0, 0.1) is 6.92 Å². The third-order valence-electron chi connectivity index (χ3n) is 2.52. The Morgan fingerprint density at radius 1 is 1.53 bits per heavy atom. The summed E-state index contributed by atoms with van der Waals surface area (Å²) in [4.78, 5) is 5.03.